The zero-order chi connectivity index (χ0) is 18.7. The fraction of sp³-hybridized carbons (Fsp3) is 0.158. The molecule has 0 unspecified atom stereocenters. The molecule has 0 spiro atoms. The van der Waals surface area contributed by atoms with E-state index in [2.05, 4.69) is 5.32 Å². The quantitative estimate of drug-likeness (QED) is 0.685. The van der Waals surface area contributed by atoms with Crippen LogP contribution in [-0.2, 0) is 9.59 Å². The van der Waals surface area contributed by atoms with Crippen LogP contribution in [0.3, 0.4) is 0 Å². The maximum atomic E-state index is 12.1. The van der Waals surface area contributed by atoms with E-state index in [-0.39, 0.29) is 21.9 Å². The molecule has 1 saturated heterocycles. The van der Waals surface area contributed by atoms with Gasteiger partial charge in [-0.3, -0.25) is 9.59 Å². The topological polar surface area (TPSA) is 49.4 Å². The van der Waals surface area contributed by atoms with E-state index in [1.54, 1.807) is 11.0 Å². The van der Waals surface area contributed by atoms with Crippen molar-refractivity contribution in [2.24, 2.45) is 0 Å². The van der Waals surface area contributed by atoms with Gasteiger partial charge in [0.25, 0.3) is 0 Å². The molecule has 7 heteroatoms. The molecular formula is C19H15Cl3N2O2. The average Bonchev–Trinajstić information content (AvgIpc) is 3.03. The number of nitrogens with zero attached hydrogens (tertiary/aromatic N) is 1. The van der Waals surface area contributed by atoms with E-state index in [1.807, 2.05) is 24.3 Å². The Bertz CT molecular complexity index is 856. The van der Waals surface area contributed by atoms with E-state index in [4.69, 9.17) is 34.8 Å². The molecule has 0 aromatic heterocycles. The van der Waals surface area contributed by atoms with Gasteiger partial charge < -0.3 is 10.2 Å². The van der Waals surface area contributed by atoms with Crippen molar-refractivity contribution in [1.82, 2.24) is 0 Å². The molecular weight excluding hydrogens is 395 g/mol. The second-order valence-corrected chi connectivity index (χ2v) is 7.06. The first kappa shape index (κ1) is 18.8. The average molecular weight is 410 g/mol. The minimum absolute atomic E-state index is 0.143. The lowest BCUT2D eigenvalue weighted by Crippen LogP contribution is -2.23. The van der Waals surface area contributed by atoms with Gasteiger partial charge in [-0.25, -0.2) is 0 Å². The highest BCUT2D eigenvalue weighted by Gasteiger charge is 2.21. The van der Waals surface area contributed by atoms with Crippen molar-refractivity contribution in [3.05, 3.63) is 63.1 Å². The highest BCUT2D eigenvalue weighted by molar-refractivity contribution is 6.42. The summed E-state index contributed by atoms with van der Waals surface area (Å²) in [5.74, 6) is -0.223. The summed E-state index contributed by atoms with van der Waals surface area (Å²) in [6, 6.07) is 10.5. The summed E-state index contributed by atoms with van der Waals surface area (Å²) >= 11 is 17.9. The normalized spacial score (nSPS) is 14.3. The summed E-state index contributed by atoms with van der Waals surface area (Å²) < 4.78 is 0. The Kier molecular flexibility index (Phi) is 5.87. The summed E-state index contributed by atoms with van der Waals surface area (Å²) in [6.07, 6.45) is 4.54. The number of amides is 2. The summed E-state index contributed by atoms with van der Waals surface area (Å²) in [5, 5.41) is 3.57. The summed E-state index contributed by atoms with van der Waals surface area (Å²) in [5.41, 5.74) is 2.02. The van der Waals surface area contributed by atoms with Crippen LogP contribution in [-0.4, -0.2) is 18.4 Å². The standard InChI is InChI=1S/C19H15Cl3N2O2/c20-13-10-15(21)19(16(22)11-13)23-17(25)8-5-12-3-6-14(7-4-12)24-9-1-2-18(24)26/h3-8,10-11H,1-2,9H2,(H,23,25). The van der Waals surface area contributed by atoms with Crippen LogP contribution < -0.4 is 10.2 Å². The monoisotopic (exact) mass is 408 g/mol. The molecule has 1 aliphatic rings. The highest BCUT2D eigenvalue weighted by atomic mass is 35.5. The maximum absolute atomic E-state index is 12.1. The first-order chi connectivity index (χ1) is 12.4. The van der Waals surface area contributed by atoms with Crippen LogP contribution in [0.2, 0.25) is 15.1 Å². The number of carbonyl (C=O) groups excluding carboxylic acids is 2. The Morgan fingerprint density at radius 2 is 1.73 bits per heavy atom. The lowest BCUT2D eigenvalue weighted by Gasteiger charge is -2.15. The van der Waals surface area contributed by atoms with Gasteiger partial charge in [-0.2, -0.15) is 0 Å². The van der Waals surface area contributed by atoms with E-state index < -0.39 is 0 Å². The van der Waals surface area contributed by atoms with E-state index in [1.165, 1.54) is 18.2 Å². The van der Waals surface area contributed by atoms with Gasteiger partial charge in [0.1, 0.15) is 0 Å². The van der Waals surface area contributed by atoms with Crippen LogP contribution in [0.5, 0.6) is 0 Å². The van der Waals surface area contributed by atoms with E-state index in [9.17, 15) is 9.59 Å². The van der Waals surface area contributed by atoms with Gasteiger partial charge in [-0.15, -0.1) is 0 Å². The van der Waals surface area contributed by atoms with Crippen LogP contribution in [0.1, 0.15) is 18.4 Å². The minimum Gasteiger partial charge on any atom is -0.320 e. The van der Waals surface area contributed by atoms with Gasteiger partial charge >= 0.3 is 0 Å². The highest BCUT2D eigenvalue weighted by Crippen LogP contribution is 2.33. The molecule has 0 saturated carbocycles. The smallest absolute Gasteiger partial charge is 0.248 e. The molecule has 134 valence electrons. The first-order valence-electron chi connectivity index (χ1n) is 7.98. The Hall–Kier alpha value is -2.01. The van der Waals surface area contributed by atoms with Crippen molar-refractivity contribution >= 4 is 64.1 Å². The van der Waals surface area contributed by atoms with E-state index >= 15 is 0 Å². The molecule has 1 fully saturated rings. The summed E-state index contributed by atoms with van der Waals surface area (Å²) in [7, 11) is 0. The number of anilines is 2. The van der Waals surface area contributed by atoms with Gasteiger partial charge in [-0.05, 0) is 42.3 Å². The third-order valence-electron chi connectivity index (χ3n) is 3.96. The number of nitrogens with one attached hydrogen (secondary N) is 1. The molecule has 1 aliphatic heterocycles. The third-order valence-corrected chi connectivity index (χ3v) is 4.77. The van der Waals surface area contributed by atoms with Gasteiger partial charge in [-0.1, -0.05) is 46.9 Å². The van der Waals surface area contributed by atoms with Crippen LogP contribution >= 0.6 is 34.8 Å². The molecule has 26 heavy (non-hydrogen) atoms. The van der Waals surface area contributed by atoms with Gasteiger partial charge in [0.05, 0.1) is 15.7 Å². The number of hydrogen-bond acceptors (Lipinski definition) is 2. The lowest BCUT2D eigenvalue weighted by atomic mass is 10.2. The van der Waals surface area contributed by atoms with Crippen molar-refractivity contribution in [3.8, 4) is 0 Å². The van der Waals surface area contributed by atoms with Gasteiger partial charge in [0.2, 0.25) is 11.8 Å². The van der Waals surface area contributed by atoms with Crippen LogP contribution in [0, 0.1) is 0 Å². The molecule has 1 N–H and O–H groups in total. The molecule has 4 nitrogen and oxygen atoms in total. The molecule has 0 atom stereocenters. The Morgan fingerprint density at radius 1 is 1.08 bits per heavy atom. The number of halogens is 3. The summed E-state index contributed by atoms with van der Waals surface area (Å²) in [4.78, 5) is 25.6. The Balaban J connectivity index is 1.66. The number of benzene rings is 2. The predicted octanol–water partition coefficient (Wildman–Crippen LogP) is 5.43. The lowest BCUT2D eigenvalue weighted by molar-refractivity contribution is -0.117. The predicted molar refractivity (Wildman–Crippen MR) is 107 cm³/mol. The minimum atomic E-state index is -0.366. The fourth-order valence-corrected chi connectivity index (χ4v) is 3.60. The molecule has 3 rings (SSSR count). The van der Waals surface area contributed by atoms with Crippen LogP contribution in [0.15, 0.2) is 42.5 Å². The van der Waals surface area contributed by atoms with Gasteiger partial charge in [0.15, 0.2) is 0 Å². The fourth-order valence-electron chi connectivity index (χ4n) is 2.68. The van der Waals surface area contributed by atoms with Crippen molar-refractivity contribution in [2.45, 2.75) is 12.8 Å². The zero-order valence-corrected chi connectivity index (χ0v) is 15.9. The Labute approximate surface area is 166 Å². The third kappa shape index (κ3) is 4.39. The largest absolute Gasteiger partial charge is 0.320 e. The molecule has 0 bridgehead atoms. The number of rotatable bonds is 4. The number of hydrogen-bond donors (Lipinski definition) is 1. The van der Waals surface area contributed by atoms with Crippen LogP contribution in [0.25, 0.3) is 6.08 Å². The van der Waals surface area contributed by atoms with Crippen molar-refractivity contribution < 1.29 is 9.59 Å². The molecule has 2 aromatic carbocycles. The zero-order valence-electron chi connectivity index (χ0n) is 13.6. The molecule has 0 aliphatic carbocycles. The molecule has 2 aromatic rings. The van der Waals surface area contributed by atoms with E-state index in [0.29, 0.717) is 17.1 Å². The van der Waals surface area contributed by atoms with E-state index in [0.717, 1.165) is 24.2 Å². The van der Waals surface area contributed by atoms with Gasteiger partial charge in [0, 0.05) is 29.8 Å². The maximum Gasteiger partial charge on any atom is 0.248 e. The van der Waals surface area contributed by atoms with Crippen LogP contribution in [0.4, 0.5) is 11.4 Å². The van der Waals surface area contributed by atoms with Crippen molar-refractivity contribution in [2.75, 3.05) is 16.8 Å². The van der Waals surface area contributed by atoms with Crippen molar-refractivity contribution in [3.63, 3.8) is 0 Å². The second-order valence-electron chi connectivity index (χ2n) is 5.81. The SMILES string of the molecule is O=C(C=Cc1ccc(N2CCCC2=O)cc1)Nc1c(Cl)cc(Cl)cc1Cl. The second kappa shape index (κ2) is 8.12. The molecule has 2 amide bonds. The summed E-state index contributed by atoms with van der Waals surface area (Å²) in [6.45, 7) is 0.749. The van der Waals surface area contributed by atoms with Crippen molar-refractivity contribution in [1.29, 1.82) is 0 Å². The molecule has 1 heterocycles. The first-order valence-corrected chi connectivity index (χ1v) is 9.11. The Morgan fingerprint density at radius 3 is 2.31 bits per heavy atom. The number of carbonyl (C=O) groups is 2. The molecule has 0 radical (unpaired) electrons.